The van der Waals surface area contributed by atoms with E-state index in [4.69, 9.17) is 38.5 Å². The van der Waals surface area contributed by atoms with Crippen LogP contribution in [-0.4, -0.2) is 44.7 Å². The molecule has 0 fully saturated rings. The maximum absolute atomic E-state index is 11.8. The van der Waals surface area contributed by atoms with Gasteiger partial charge < -0.3 is 36.3 Å². The molecule has 0 aliphatic heterocycles. The van der Waals surface area contributed by atoms with Crippen LogP contribution in [0.2, 0.25) is 10.0 Å². The van der Waals surface area contributed by atoms with Crippen molar-refractivity contribution in [3.8, 4) is 11.3 Å². The molecule has 40 heavy (non-hydrogen) atoms. The van der Waals surface area contributed by atoms with Gasteiger partial charge in [-0.05, 0) is 49.7 Å². The molecule has 0 bridgehead atoms. The number of carboxylic acid groups (broad SMARTS) is 2. The van der Waals surface area contributed by atoms with Crippen molar-refractivity contribution < 1.29 is 24.2 Å². The average molecular weight is 585 g/mol. The van der Waals surface area contributed by atoms with Crippen LogP contribution in [0.5, 0.6) is 0 Å². The van der Waals surface area contributed by atoms with Crippen LogP contribution in [0.3, 0.4) is 0 Å². The summed E-state index contributed by atoms with van der Waals surface area (Å²) in [5.74, 6) is -1.09. The Bertz CT molecular complexity index is 1540. The molecule has 0 saturated heterocycles. The Hall–Kier alpha value is -4.32. The summed E-state index contributed by atoms with van der Waals surface area (Å²) in [5, 5.41) is 29.3. The zero-order valence-corrected chi connectivity index (χ0v) is 22.8. The number of nitrogens with one attached hydrogen (secondary N) is 3. The van der Waals surface area contributed by atoms with E-state index in [0.717, 1.165) is 0 Å². The fraction of sp³-hybridized carbons (Fsp3) is 0.185. The Morgan fingerprint density at radius 2 is 1.85 bits per heavy atom. The minimum Gasteiger partial charge on any atom is -0.480 e. The molecule has 0 aliphatic carbocycles. The van der Waals surface area contributed by atoms with E-state index < -0.39 is 18.0 Å². The molecule has 0 amide bonds. The third-order valence-electron chi connectivity index (χ3n) is 5.81. The molecule has 2 aromatic carbocycles. The molecular formula is C27H26Cl2N6O5. The number of carboxylic acids is 2. The van der Waals surface area contributed by atoms with Crippen molar-refractivity contribution in [2.24, 2.45) is 5.73 Å². The number of rotatable bonds is 12. The number of hydrogen-bond acceptors (Lipinski definition) is 9. The summed E-state index contributed by atoms with van der Waals surface area (Å²) in [6, 6.07) is 12.2. The SMILES string of the molecule is Cc1cc(NCCC(N)C(=O)O)c(NCc2ncc(-c3cc(Cl)ccc3Cl)o2)c(Nc2ccccc2C(=O)O)n1. The topological polar surface area (TPSA) is 176 Å². The molecule has 4 aromatic rings. The van der Waals surface area contributed by atoms with E-state index in [0.29, 0.717) is 55.8 Å². The van der Waals surface area contributed by atoms with E-state index in [9.17, 15) is 14.7 Å². The Kier molecular flexibility index (Phi) is 9.10. The lowest BCUT2D eigenvalue weighted by Crippen LogP contribution is -2.32. The van der Waals surface area contributed by atoms with Crippen LogP contribution >= 0.6 is 23.2 Å². The highest BCUT2D eigenvalue weighted by Crippen LogP contribution is 2.35. The number of nitrogens with zero attached hydrogens (tertiary/aromatic N) is 2. The van der Waals surface area contributed by atoms with Crippen LogP contribution in [-0.2, 0) is 11.3 Å². The molecule has 1 atom stereocenters. The molecule has 0 aliphatic rings. The number of aliphatic carboxylic acids is 1. The van der Waals surface area contributed by atoms with Crippen molar-refractivity contribution in [1.29, 1.82) is 0 Å². The fourth-order valence-electron chi connectivity index (χ4n) is 3.84. The van der Waals surface area contributed by atoms with E-state index in [1.165, 1.54) is 12.3 Å². The lowest BCUT2D eigenvalue weighted by Gasteiger charge is -2.19. The van der Waals surface area contributed by atoms with Gasteiger partial charge in [0.15, 0.2) is 11.6 Å². The van der Waals surface area contributed by atoms with Crippen LogP contribution in [0.25, 0.3) is 11.3 Å². The Morgan fingerprint density at radius 3 is 2.60 bits per heavy atom. The van der Waals surface area contributed by atoms with Gasteiger partial charge in [-0.1, -0.05) is 35.3 Å². The van der Waals surface area contributed by atoms with E-state index >= 15 is 0 Å². The van der Waals surface area contributed by atoms with E-state index in [1.807, 2.05) is 0 Å². The normalized spacial score (nSPS) is 11.6. The smallest absolute Gasteiger partial charge is 0.337 e. The number of carbonyl (C=O) groups is 2. The number of oxazole rings is 1. The van der Waals surface area contributed by atoms with E-state index in [-0.39, 0.29) is 25.1 Å². The van der Waals surface area contributed by atoms with Crippen molar-refractivity contribution in [1.82, 2.24) is 9.97 Å². The van der Waals surface area contributed by atoms with Gasteiger partial charge in [0, 0.05) is 22.8 Å². The van der Waals surface area contributed by atoms with Crippen molar-refractivity contribution in [2.45, 2.75) is 25.9 Å². The van der Waals surface area contributed by atoms with Crippen molar-refractivity contribution >= 4 is 58.0 Å². The first-order valence-corrected chi connectivity index (χ1v) is 12.8. The minimum atomic E-state index is -1.10. The highest BCUT2D eigenvalue weighted by atomic mass is 35.5. The van der Waals surface area contributed by atoms with Gasteiger partial charge in [0.1, 0.15) is 11.7 Å². The number of anilines is 4. The van der Waals surface area contributed by atoms with Gasteiger partial charge in [-0.2, -0.15) is 0 Å². The van der Waals surface area contributed by atoms with Gasteiger partial charge in [-0.25, -0.2) is 14.8 Å². The number of halogens is 2. The van der Waals surface area contributed by atoms with Crippen LogP contribution in [0, 0.1) is 6.92 Å². The first kappa shape index (κ1) is 28.7. The summed E-state index contributed by atoms with van der Waals surface area (Å²) in [6.07, 6.45) is 1.71. The van der Waals surface area contributed by atoms with Crippen LogP contribution in [0.4, 0.5) is 22.9 Å². The summed E-state index contributed by atoms with van der Waals surface area (Å²) in [6.45, 7) is 2.16. The minimum absolute atomic E-state index is 0.0643. The highest BCUT2D eigenvalue weighted by molar-refractivity contribution is 6.35. The second-order valence-corrected chi connectivity index (χ2v) is 9.61. The predicted molar refractivity (Wildman–Crippen MR) is 154 cm³/mol. The number of pyridine rings is 1. The summed E-state index contributed by atoms with van der Waals surface area (Å²) < 4.78 is 5.90. The van der Waals surface area contributed by atoms with Crippen molar-refractivity contribution in [3.05, 3.63) is 81.9 Å². The second kappa shape index (κ2) is 12.7. The number of nitrogens with two attached hydrogens (primary N) is 1. The van der Waals surface area contributed by atoms with E-state index in [2.05, 4.69) is 25.9 Å². The molecule has 4 rings (SSSR count). The lowest BCUT2D eigenvalue weighted by atomic mass is 10.1. The molecule has 1 unspecified atom stereocenters. The van der Waals surface area contributed by atoms with Gasteiger partial charge in [0.2, 0.25) is 5.89 Å². The average Bonchev–Trinajstić information content (AvgIpc) is 3.38. The maximum Gasteiger partial charge on any atom is 0.337 e. The Labute approximate surface area is 239 Å². The molecular weight excluding hydrogens is 559 g/mol. The number of aromatic nitrogens is 2. The number of para-hydroxylation sites is 1. The zero-order valence-electron chi connectivity index (χ0n) is 21.2. The summed E-state index contributed by atoms with van der Waals surface area (Å²) in [7, 11) is 0. The Morgan fingerprint density at radius 1 is 1.07 bits per heavy atom. The first-order chi connectivity index (χ1) is 19.1. The Balaban J connectivity index is 1.64. The van der Waals surface area contributed by atoms with Crippen molar-refractivity contribution in [3.63, 3.8) is 0 Å². The monoisotopic (exact) mass is 584 g/mol. The molecule has 2 aromatic heterocycles. The summed E-state index contributed by atoms with van der Waals surface area (Å²) in [5.41, 5.74) is 8.34. The first-order valence-electron chi connectivity index (χ1n) is 12.1. The van der Waals surface area contributed by atoms with E-state index in [1.54, 1.807) is 49.4 Å². The molecule has 11 nitrogen and oxygen atoms in total. The van der Waals surface area contributed by atoms with Crippen molar-refractivity contribution in [2.75, 3.05) is 22.5 Å². The largest absolute Gasteiger partial charge is 0.480 e. The lowest BCUT2D eigenvalue weighted by molar-refractivity contribution is -0.138. The fourth-order valence-corrected chi connectivity index (χ4v) is 4.22. The quantitative estimate of drug-likeness (QED) is 0.122. The molecule has 0 radical (unpaired) electrons. The standard InChI is InChI=1S/C27H26Cl2N6O5/c1-14-10-21(31-9-8-19(30)27(38)39)24(25(34-14)35-20-5-3-2-4-16(20)26(36)37)33-13-23-32-12-22(40-23)17-11-15(28)6-7-18(17)29/h2-7,10-12,19,33H,8-9,13,30H2,1H3,(H,36,37)(H,38,39)(H2,31,34,35). The molecule has 13 heteroatoms. The van der Waals surface area contributed by atoms with Gasteiger partial charge in [-0.15, -0.1) is 0 Å². The van der Waals surface area contributed by atoms with Gasteiger partial charge in [-0.3, -0.25) is 4.79 Å². The number of hydrogen-bond donors (Lipinski definition) is 6. The molecule has 208 valence electrons. The third-order valence-corrected chi connectivity index (χ3v) is 6.37. The van der Waals surface area contributed by atoms with Crippen LogP contribution < -0.4 is 21.7 Å². The van der Waals surface area contributed by atoms with Crippen LogP contribution in [0.15, 0.2) is 59.1 Å². The second-order valence-electron chi connectivity index (χ2n) is 8.77. The van der Waals surface area contributed by atoms with Gasteiger partial charge in [0.25, 0.3) is 0 Å². The molecule has 0 spiro atoms. The molecule has 0 saturated carbocycles. The zero-order chi connectivity index (χ0) is 28.8. The number of aromatic carboxylic acids is 1. The number of aryl methyl sites for hydroxylation is 1. The third kappa shape index (κ3) is 7.00. The van der Waals surface area contributed by atoms with Gasteiger partial charge in [0.05, 0.1) is 34.7 Å². The number of benzene rings is 2. The molecule has 2 heterocycles. The highest BCUT2D eigenvalue weighted by Gasteiger charge is 2.18. The maximum atomic E-state index is 11.8. The van der Waals surface area contributed by atoms with Crippen LogP contribution in [0.1, 0.15) is 28.4 Å². The summed E-state index contributed by atoms with van der Waals surface area (Å²) >= 11 is 12.4. The van der Waals surface area contributed by atoms with Gasteiger partial charge >= 0.3 is 11.9 Å². The summed E-state index contributed by atoms with van der Waals surface area (Å²) in [4.78, 5) is 31.8. The predicted octanol–water partition coefficient (Wildman–Crippen LogP) is 5.62. The molecule has 7 N–H and O–H groups in total.